The Bertz CT molecular complexity index is 2500. The van der Waals surface area contributed by atoms with Crippen LogP contribution in [0.25, 0.3) is 88.0 Å². The van der Waals surface area contributed by atoms with Crippen LogP contribution in [0.1, 0.15) is 0 Å². The van der Waals surface area contributed by atoms with Crippen molar-refractivity contribution in [3.63, 3.8) is 0 Å². The first-order chi connectivity index (χ1) is 22.3. The van der Waals surface area contributed by atoms with Gasteiger partial charge in [0.05, 0.1) is 0 Å². The molecule has 1 heteroatoms. The summed E-state index contributed by atoms with van der Waals surface area (Å²) >= 11 is 0. The summed E-state index contributed by atoms with van der Waals surface area (Å²) in [5.74, 6) is 0. The van der Waals surface area contributed by atoms with Crippen LogP contribution in [-0.4, -0.2) is 0 Å². The van der Waals surface area contributed by atoms with Crippen molar-refractivity contribution >= 4 is 43.5 Å². The van der Waals surface area contributed by atoms with Crippen LogP contribution >= 0.6 is 0 Å². The van der Waals surface area contributed by atoms with Gasteiger partial charge in [-0.1, -0.05) is 140 Å². The average Bonchev–Trinajstić information content (AvgIpc) is 3.50. The Labute approximate surface area is 261 Å². The van der Waals surface area contributed by atoms with E-state index in [4.69, 9.17) is 4.42 Å². The van der Waals surface area contributed by atoms with E-state index in [9.17, 15) is 0 Å². The number of hydrogen-bond donors (Lipinski definition) is 0. The van der Waals surface area contributed by atoms with E-state index in [1.165, 1.54) is 66.1 Å². The van der Waals surface area contributed by atoms with Crippen molar-refractivity contribution in [1.29, 1.82) is 0 Å². The third kappa shape index (κ3) is 4.41. The smallest absolute Gasteiger partial charge is 0.135 e. The molecule has 45 heavy (non-hydrogen) atoms. The summed E-state index contributed by atoms with van der Waals surface area (Å²) in [6, 6.07) is 61.1. The Morgan fingerprint density at radius 1 is 0.267 bits per heavy atom. The third-order valence-corrected chi connectivity index (χ3v) is 9.09. The van der Waals surface area contributed by atoms with Crippen LogP contribution in [0.5, 0.6) is 0 Å². The van der Waals surface area contributed by atoms with Crippen LogP contribution in [0.4, 0.5) is 0 Å². The fourth-order valence-electron chi connectivity index (χ4n) is 6.75. The molecular weight excluding hydrogens is 544 g/mol. The second-order valence-corrected chi connectivity index (χ2v) is 11.7. The van der Waals surface area contributed by atoms with Gasteiger partial charge in [0.1, 0.15) is 11.2 Å². The zero-order chi connectivity index (χ0) is 29.7. The van der Waals surface area contributed by atoms with Crippen molar-refractivity contribution in [3.8, 4) is 44.5 Å². The normalized spacial score (nSPS) is 11.6. The largest absolute Gasteiger partial charge is 0.456 e. The second kappa shape index (κ2) is 10.4. The van der Waals surface area contributed by atoms with Crippen molar-refractivity contribution < 1.29 is 4.42 Å². The number of furan rings is 1. The van der Waals surface area contributed by atoms with E-state index in [0.717, 1.165) is 21.9 Å². The maximum atomic E-state index is 6.03. The fraction of sp³-hybridized carbons (Fsp3) is 0. The van der Waals surface area contributed by atoms with Gasteiger partial charge in [0.2, 0.25) is 0 Å². The molecule has 0 fully saturated rings. The van der Waals surface area contributed by atoms with E-state index >= 15 is 0 Å². The molecule has 0 spiro atoms. The highest BCUT2D eigenvalue weighted by molar-refractivity contribution is 6.14. The lowest BCUT2D eigenvalue weighted by Gasteiger charge is -2.13. The quantitative estimate of drug-likeness (QED) is 0.191. The molecule has 0 aliphatic carbocycles. The molecule has 0 saturated heterocycles. The van der Waals surface area contributed by atoms with E-state index in [0.29, 0.717) is 0 Å². The van der Waals surface area contributed by atoms with Crippen LogP contribution in [0, 0.1) is 0 Å². The topological polar surface area (TPSA) is 13.1 Å². The molecule has 1 heterocycles. The number of rotatable bonds is 4. The van der Waals surface area contributed by atoms with Crippen LogP contribution in [0.3, 0.4) is 0 Å². The highest BCUT2D eigenvalue weighted by Gasteiger charge is 2.11. The fourth-order valence-corrected chi connectivity index (χ4v) is 6.75. The third-order valence-electron chi connectivity index (χ3n) is 9.09. The highest BCUT2D eigenvalue weighted by atomic mass is 16.3. The van der Waals surface area contributed by atoms with Crippen molar-refractivity contribution in [2.45, 2.75) is 0 Å². The first-order valence-electron chi connectivity index (χ1n) is 15.4. The zero-order valence-electron chi connectivity index (χ0n) is 24.6. The minimum Gasteiger partial charge on any atom is -0.456 e. The molecule has 0 unspecified atom stereocenters. The van der Waals surface area contributed by atoms with E-state index in [2.05, 4.69) is 158 Å². The van der Waals surface area contributed by atoms with Crippen LogP contribution in [-0.2, 0) is 0 Å². The number of benzene rings is 8. The molecule has 0 saturated carbocycles. The number of fused-ring (bicyclic) bond motifs is 6. The molecule has 1 nitrogen and oxygen atoms in total. The van der Waals surface area contributed by atoms with E-state index in [1.807, 2.05) is 12.1 Å². The van der Waals surface area contributed by atoms with Crippen LogP contribution in [0.15, 0.2) is 174 Å². The first kappa shape index (κ1) is 25.6. The Morgan fingerprint density at radius 2 is 0.756 bits per heavy atom. The molecule has 9 aromatic rings. The predicted octanol–water partition coefficient (Wildman–Crippen LogP) is 12.6. The molecule has 9 rings (SSSR count). The standard InChI is InChI=1S/C44H28O/c1-2-8-29(9-3-1)34-22-23-36-28-40(37-10-4-5-11-38(37)41(36)26-34)33-20-18-31(19-21-33)30-14-16-32(17-15-30)35-24-25-44-42(27-35)39-12-6-7-13-43(39)45-44/h1-28H. The van der Waals surface area contributed by atoms with Crippen molar-refractivity contribution in [1.82, 2.24) is 0 Å². The molecule has 0 aliphatic rings. The summed E-state index contributed by atoms with van der Waals surface area (Å²) in [5.41, 5.74) is 11.6. The summed E-state index contributed by atoms with van der Waals surface area (Å²) in [6.07, 6.45) is 0. The number of hydrogen-bond acceptors (Lipinski definition) is 1. The molecule has 8 aromatic carbocycles. The maximum Gasteiger partial charge on any atom is 0.135 e. The van der Waals surface area contributed by atoms with Gasteiger partial charge in [-0.05, 0) is 96.4 Å². The Kier molecular flexibility index (Phi) is 5.89. The lowest BCUT2D eigenvalue weighted by molar-refractivity contribution is 0.669. The van der Waals surface area contributed by atoms with Crippen molar-refractivity contribution in [3.05, 3.63) is 170 Å². The van der Waals surface area contributed by atoms with Crippen LogP contribution in [0.2, 0.25) is 0 Å². The van der Waals surface area contributed by atoms with Gasteiger partial charge in [-0.2, -0.15) is 0 Å². The Morgan fingerprint density at radius 3 is 1.49 bits per heavy atom. The molecule has 0 N–H and O–H groups in total. The van der Waals surface area contributed by atoms with Crippen molar-refractivity contribution in [2.75, 3.05) is 0 Å². The minimum absolute atomic E-state index is 0.924. The summed E-state index contributed by atoms with van der Waals surface area (Å²) in [7, 11) is 0. The zero-order valence-corrected chi connectivity index (χ0v) is 24.6. The molecule has 210 valence electrons. The van der Waals surface area contributed by atoms with Gasteiger partial charge in [-0.15, -0.1) is 0 Å². The lowest BCUT2D eigenvalue weighted by Crippen LogP contribution is -1.87. The SMILES string of the molecule is c1ccc(-c2ccc3cc(-c4ccc(-c5ccc(-c6ccc7oc8ccccc8c7c6)cc5)cc4)c4ccccc4c3c2)cc1. The minimum atomic E-state index is 0.924. The monoisotopic (exact) mass is 572 g/mol. The molecule has 0 aliphatic heterocycles. The molecular formula is C44H28O. The predicted molar refractivity (Wildman–Crippen MR) is 190 cm³/mol. The maximum absolute atomic E-state index is 6.03. The molecule has 0 bridgehead atoms. The average molecular weight is 573 g/mol. The molecule has 0 radical (unpaired) electrons. The van der Waals surface area contributed by atoms with Gasteiger partial charge in [0, 0.05) is 10.8 Å². The van der Waals surface area contributed by atoms with Gasteiger partial charge in [-0.25, -0.2) is 0 Å². The summed E-state index contributed by atoms with van der Waals surface area (Å²) < 4.78 is 6.03. The van der Waals surface area contributed by atoms with Gasteiger partial charge in [0.15, 0.2) is 0 Å². The first-order valence-corrected chi connectivity index (χ1v) is 15.4. The summed E-state index contributed by atoms with van der Waals surface area (Å²) in [5, 5.41) is 7.40. The highest BCUT2D eigenvalue weighted by Crippen LogP contribution is 2.38. The van der Waals surface area contributed by atoms with Gasteiger partial charge < -0.3 is 4.42 Å². The summed E-state index contributed by atoms with van der Waals surface area (Å²) in [6.45, 7) is 0. The summed E-state index contributed by atoms with van der Waals surface area (Å²) in [4.78, 5) is 0. The number of para-hydroxylation sites is 1. The van der Waals surface area contributed by atoms with Crippen LogP contribution < -0.4 is 0 Å². The van der Waals surface area contributed by atoms with Gasteiger partial charge in [-0.3, -0.25) is 0 Å². The Balaban J connectivity index is 1.05. The molecule has 0 atom stereocenters. The van der Waals surface area contributed by atoms with E-state index in [-0.39, 0.29) is 0 Å². The van der Waals surface area contributed by atoms with Gasteiger partial charge >= 0.3 is 0 Å². The lowest BCUT2D eigenvalue weighted by atomic mass is 9.91. The molecule has 0 amide bonds. The van der Waals surface area contributed by atoms with Gasteiger partial charge in [0.25, 0.3) is 0 Å². The van der Waals surface area contributed by atoms with Crippen molar-refractivity contribution in [2.24, 2.45) is 0 Å². The van der Waals surface area contributed by atoms with E-state index in [1.54, 1.807) is 0 Å². The Hall–Kier alpha value is -5.92. The molecule has 1 aromatic heterocycles. The van der Waals surface area contributed by atoms with E-state index < -0.39 is 0 Å². The second-order valence-electron chi connectivity index (χ2n) is 11.7.